The molecule has 2 heterocycles. The zero-order valence-corrected chi connectivity index (χ0v) is 11.4. The summed E-state index contributed by atoms with van der Waals surface area (Å²) in [6.45, 7) is 3.74. The second-order valence-electron chi connectivity index (χ2n) is 4.14. The minimum absolute atomic E-state index is 0.131. The molecule has 1 fully saturated rings. The Morgan fingerprint density at radius 2 is 2.50 bits per heavy atom. The summed E-state index contributed by atoms with van der Waals surface area (Å²) >= 11 is 5.22. The molecule has 1 aromatic rings. The van der Waals surface area contributed by atoms with Crippen LogP contribution >= 0.6 is 27.3 Å². The molecule has 0 aliphatic carbocycles. The predicted octanol–water partition coefficient (Wildman–Crippen LogP) is 2.81. The Morgan fingerprint density at radius 3 is 3.00 bits per heavy atom. The summed E-state index contributed by atoms with van der Waals surface area (Å²) in [5.74, 6) is -0.876. The molecule has 0 saturated carbocycles. The van der Waals surface area contributed by atoms with E-state index in [4.69, 9.17) is 5.11 Å². The Balaban J connectivity index is 2.03. The molecule has 3 nitrogen and oxygen atoms in total. The Labute approximate surface area is 107 Å². The standard InChI is InChI=1S/C11H14BrNO2S/c1-7-8(11(14)15)2-4-13(7)6-10-9(12)3-5-16-10/h3,5,7-8H,2,4,6H2,1H3,(H,14,15). The number of likely N-dealkylation sites (tertiary alicyclic amines) is 1. The molecule has 1 aliphatic heterocycles. The molecule has 1 aromatic heterocycles. The van der Waals surface area contributed by atoms with E-state index in [1.807, 2.05) is 13.0 Å². The van der Waals surface area contributed by atoms with Crippen molar-refractivity contribution in [3.05, 3.63) is 20.8 Å². The van der Waals surface area contributed by atoms with Crippen LogP contribution in [0.3, 0.4) is 0 Å². The van der Waals surface area contributed by atoms with Crippen molar-refractivity contribution < 1.29 is 9.90 Å². The van der Waals surface area contributed by atoms with Gasteiger partial charge in [-0.15, -0.1) is 11.3 Å². The van der Waals surface area contributed by atoms with Crippen LogP contribution in [0.2, 0.25) is 0 Å². The topological polar surface area (TPSA) is 40.5 Å². The molecule has 0 spiro atoms. The predicted molar refractivity (Wildman–Crippen MR) is 67.6 cm³/mol. The molecule has 1 N–H and O–H groups in total. The largest absolute Gasteiger partial charge is 0.481 e. The van der Waals surface area contributed by atoms with E-state index in [0.717, 1.165) is 24.0 Å². The number of rotatable bonds is 3. The van der Waals surface area contributed by atoms with Crippen molar-refractivity contribution in [2.75, 3.05) is 6.54 Å². The lowest BCUT2D eigenvalue weighted by Gasteiger charge is -2.22. The highest BCUT2D eigenvalue weighted by atomic mass is 79.9. The smallest absolute Gasteiger partial charge is 0.308 e. The number of halogens is 1. The summed E-state index contributed by atoms with van der Waals surface area (Å²) in [5.41, 5.74) is 0. The molecular weight excluding hydrogens is 290 g/mol. The summed E-state index contributed by atoms with van der Waals surface area (Å²) in [6.07, 6.45) is 0.763. The SMILES string of the molecule is CC1C(C(=O)O)CCN1Cc1sccc1Br. The molecule has 2 unspecified atom stereocenters. The molecule has 2 atom stereocenters. The first-order chi connectivity index (χ1) is 7.59. The van der Waals surface area contributed by atoms with E-state index in [1.54, 1.807) is 11.3 Å². The maximum absolute atomic E-state index is 11.0. The molecule has 5 heteroatoms. The van der Waals surface area contributed by atoms with Crippen molar-refractivity contribution >= 4 is 33.2 Å². The minimum atomic E-state index is -0.666. The van der Waals surface area contributed by atoms with Crippen LogP contribution in [-0.2, 0) is 11.3 Å². The number of hydrogen-bond acceptors (Lipinski definition) is 3. The molecule has 1 saturated heterocycles. The van der Waals surface area contributed by atoms with E-state index in [0.29, 0.717) is 0 Å². The van der Waals surface area contributed by atoms with Crippen molar-refractivity contribution in [2.24, 2.45) is 5.92 Å². The Kier molecular flexibility index (Phi) is 3.66. The van der Waals surface area contributed by atoms with E-state index in [1.165, 1.54) is 4.88 Å². The number of aliphatic carboxylic acids is 1. The molecule has 0 bridgehead atoms. The summed E-state index contributed by atoms with van der Waals surface area (Å²) in [4.78, 5) is 14.5. The highest BCUT2D eigenvalue weighted by Gasteiger charge is 2.35. The van der Waals surface area contributed by atoms with Gasteiger partial charge in [0.2, 0.25) is 0 Å². The molecule has 0 amide bonds. The highest BCUT2D eigenvalue weighted by Crippen LogP contribution is 2.30. The van der Waals surface area contributed by atoms with Gasteiger partial charge in [0.1, 0.15) is 0 Å². The maximum atomic E-state index is 11.0. The summed E-state index contributed by atoms with van der Waals surface area (Å²) < 4.78 is 1.13. The Hall–Kier alpha value is -0.390. The van der Waals surface area contributed by atoms with Gasteiger partial charge in [0.15, 0.2) is 0 Å². The van der Waals surface area contributed by atoms with E-state index in [2.05, 4.69) is 26.2 Å². The summed E-state index contributed by atoms with van der Waals surface area (Å²) in [6, 6.07) is 2.17. The fourth-order valence-corrected chi connectivity index (χ4v) is 3.68. The normalized spacial score (nSPS) is 26.1. The minimum Gasteiger partial charge on any atom is -0.481 e. The van der Waals surface area contributed by atoms with Crippen LogP contribution in [0.4, 0.5) is 0 Å². The monoisotopic (exact) mass is 303 g/mol. The Morgan fingerprint density at radius 1 is 1.75 bits per heavy atom. The lowest BCUT2D eigenvalue weighted by Crippen LogP contribution is -2.32. The van der Waals surface area contributed by atoms with Gasteiger partial charge in [-0.25, -0.2) is 0 Å². The molecule has 16 heavy (non-hydrogen) atoms. The van der Waals surface area contributed by atoms with Crippen molar-refractivity contribution in [3.63, 3.8) is 0 Å². The van der Waals surface area contributed by atoms with Gasteiger partial charge in [-0.05, 0) is 47.3 Å². The van der Waals surface area contributed by atoms with Crippen LogP contribution in [0.25, 0.3) is 0 Å². The zero-order valence-electron chi connectivity index (χ0n) is 9.02. The summed E-state index contributed by atoms with van der Waals surface area (Å²) in [7, 11) is 0. The molecule has 2 rings (SSSR count). The molecule has 0 radical (unpaired) electrons. The molecular formula is C11H14BrNO2S. The number of thiophene rings is 1. The highest BCUT2D eigenvalue weighted by molar-refractivity contribution is 9.10. The van der Waals surface area contributed by atoms with Gasteiger partial charge < -0.3 is 5.11 Å². The third-order valence-electron chi connectivity index (χ3n) is 3.24. The van der Waals surface area contributed by atoms with Gasteiger partial charge in [-0.2, -0.15) is 0 Å². The van der Waals surface area contributed by atoms with Crippen molar-refractivity contribution in [1.82, 2.24) is 4.90 Å². The van der Waals surface area contributed by atoms with E-state index < -0.39 is 5.97 Å². The zero-order chi connectivity index (χ0) is 11.7. The number of hydrogen-bond donors (Lipinski definition) is 1. The molecule has 88 valence electrons. The van der Waals surface area contributed by atoms with Crippen molar-refractivity contribution in [1.29, 1.82) is 0 Å². The van der Waals surface area contributed by atoms with Crippen LogP contribution < -0.4 is 0 Å². The van der Waals surface area contributed by atoms with E-state index >= 15 is 0 Å². The van der Waals surface area contributed by atoms with Gasteiger partial charge >= 0.3 is 5.97 Å². The second-order valence-corrected chi connectivity index (χ2v) is 5.99. The maximum Gasteiger partial charge on any atom is 0.308 e. The third-order valence-corrected chi connectivity index (χ3v) is 5.15. The number of carboxylic acid groups (broad SMARTS) is 1. The van der Waals surface area contributed by atoms with Crippen LogP contribution in [0.5, 0.6) is 0 Å². The fourth-order valence-electron chi connectivity index (χ4n) is 2.18. The van der Waals surface area contributed by atoms with Gasteiger partial charge in [0.25, 0.3) is 0 Å². The quantitative estimate of drug-likeness (QED) is 0.933. The first-order valence-electron chi connectivity index (χ1n) is 5.28. The lowest BCUT2D eigenvalue weighted by molar-refractivity contribution is -0.142. The molecule has 1 aliphatic rings. The summed E-state index contributed by atoms with van der Waals surface area (Å²) in [5, 5.41) is 11.1. The fraction of sp³-hybridized carbons (Fsp3) is 0.545. The van der Waals surface area contributed by atoms with Crippen LogP contribution in [0.1, 0.15) is 18.2 Å². The average Bonchev–Trinajstić information content (AvgIpc) is 2.76. The first kappa shape index (κ1) is 12.1. The second kappa shape index (κ2) is 4.85. The van der Waals surface area contributed by atoms with Gasteiger partial charge in [-0.1, -0.05) is 0 Å². The van der Waals surface area contributed by atoms with E-state index in [9.17, 15) is 4.79 Å². The van der Waals surface area contributed by atoms with Gasteiger partial charge in [0.05, 0.1) is 5.92 Å². The lowest BCUT2D eigenvalue weighted by atomic mass is 10.0. The van der Waals surface area contributed by atoms with Crippen LogP contribution in [0, 0.1) is 5.92 Å². The van der Waals surface area contributed by atoms with Gasteiger partial charge in [0, 0.05) is 21.9 Å². The van der Waals surface area contributed by atoms with Crippen molar-refractivity contribution in [3.8, 4) is 0 Å². The number of carbonyl (C=O) groups is 1. The number of nitrogens with zero attached hydrogens (tertiary/aromatic N) is 1. The third kappa shape index (κ3) is 2.31. The van der Waals surface area contributed by atoms with Crippen molar-refractivity contribution in [2.45, 2.75) is 25.9 Å². The van der Waals surface area contributed by atoms with Gasteiger partial charge in [-0.3, -0.25) is 9.69 Å². The Bertz CT molecular complexity index is 393. The molecule has 0 aromatic carbocycles. The number of carboxylic acids is 1. The van der Waals surface area contributed by atoms with Crippen LogP contribution in [-0.4, -0.2) is 28.6 Å². The average molecular weight is 304 g/mol. The first-order valence-corrected chi connectivity index (χ1v) is 6.95. The van der Waals surface area contributed by atoms with Crippen LogP contribution in [0.15, 0.2) is 15.9 Å². The van der Waals surface area contributed by atoms with E-state index in [-0.39, 0.29) is 12.0 Å².